The molecule has 4 nitrogen and oxygen atoms in total. The Labute approximate surface area is 142 Å². The Morgan fingerprint density at radius 3 is 2.67 bits per heavy atom. The Hall–Kier alpha value is -2.75. The van der Waals surface area contributed by atoms with Crippen LogP contribution >= 0.6 is 0 Å². The molecule has 3 rings (SSSR count). The van der Waals surface area contributed by atoms with Crippen LogP contribution in [-0.4, -0.2) is 17.9 Å². The normalized spacial score (nSPS) is 11.5. The zero-order chi connectivity index (χ0) is 16.9. The second-order valence-corrected chi connectivity index (χ2v) is 6.01. The Balaban J connectivity index is 1.76. The van der Waals surface area contributed by atoms with Gasteiger partial charge in [0.05, 0.1) is 19.9 Å². The molecular weight excluding hydrogens is 298 g/mol. The van der Waals surface area contributed by atoms with E-state index in [9.17, 15) is 0 Å². The van der Waals surface area contributed by atoms with Crippen molar-refractivity contribution in [2.24, 2.45) is 5.10 Å². The van der Waals surface area contributed by atoms with Crippen LogP contribution in [0.4, 0.5) is 0 Å². The van der Waals surface area contributed by atoms with Crippen molar-refractivity contribution in [3.63, 3.8) is 0 Å². The Bertz CT molecular complexity index is 849. The summed E-state index contributed by atoms with van der Waals surface area (Å²) in [6.07, 6.45) is 4.04. The number of ether oxygens (including phenoxy) is 1. The van der Waals surface area contributed by atoms with Gasteiger partial charge in [0.1, 0.15) is 5.75 Å². The van der Waals surface area contributed by atoms with Crippen LogP contribution in [0.2, 0.25) is 0 Å². The van der Waals surface area contributed by atoms with Crippen LogP contribution in [0.1, 0.15) is 31.0 Å². The highest BCUT2D eigenvalue weighted by Crippen LogP contribution is 2.23. The minimum absolute atomic E-state index is 0.415. The summed E-state index contributed by atoms with van der Waals surface area (Å²) in [5.41, 5.74) is 6.55. The molecule has 0 aliphatic heterocycles. The maximum atomic E-state index is 5.35. The third kappa shape index (κ3) is 3.27. The summed E-state index contributed by atoms with van der Waals surface area (Å²) in [7, 11) is 1.68. The van der Waals surface area contributed by atoms with Crippen LogP contribution < -0.4 is 10.2 Å². The summed E-state index contributed by atoms with van der Waals surface area (Å²) >= 11 is 0. The third-order valence-electron chi connectivity index (χ3n) is 4.08. The molecule has 1 aromatic heterocycles. The van der Waals surface area contributed by atoms with Crippen LogP contribution in [0.3, 0.4) is 0 Å². The zero-order valence-corrected chi connectivity index (χ0v) is 14.4. The first-order chi connectivity index (χ1) is 11.7. The van der Waals surface area contributed by atoms with Gasteiger partial charge in [0.2, 0.25) is 0 Å². The minimum atomic E-state index is 0.415. The summed E-state index contributed by atoms with van der Waals surface area (Å²) in [4.78, 5) is 0. The third-order valence-corrected chi connectivity index (χ3v) is 4.08. The van der Waals surface area contributed by atoms with Crippen LogP contribution in [0.25, 0.3) is 10.9 Å². The molecule has 0 fully saturated rings. The summed E-state index contributed by atoms with van der Waals surface area (Å²) in [6, 6.07) is 16.8. The van der Waals surface area contributed by atoms with E-state index in [0.717, 1.165) is 16.9 Å². The molecule has 4 heteroatoms. The lowest BCUT2D eigenvalue weighted by Crippen LogP contribution is -2.06. The fourth-order valence-electron chi connectivity index (χ4n) is 2.86. The first-order valence-electron chi connectivity index (χ1n) is 8.18. The number of hydrogen-bond acceptors (Lipinski definition) is 3. The molecule has 0 atom stereocenters. The van der Waals surface area contributed by atoms with Crippen molar-refractivity contribution in [3.8, 4) is 5.75 Å². The molecule has 24 heavy (non-hydrogen) atoms. The van der Waals surface area contributed by atoms with Gasteiger partial charge < -0.3 is 14.7 Å². The van der Waals surface area contributed by atoms with Crippen LogP contribution in [0, 0.1) is 0 Å². The van der Waals surface area contributed by atoms with Gasteiger partial charge in [-0.05, 0) is 26.0 Å². The van der Waals surface area contributed by atoms with E-state index in [1.807, 2.05) is 30.5 Å². The molecule has 0 amide bonds. The largest absolute Gasteiger partial charge is 0.496 e. The molecule has 0 bridgehead atoms. The SMILES string of the molecule is COc1ccccc1CN/N=C\c1cn(C(C)C)c2ccccc12. The fraction of sp³-hybridized carbons (Fsp3) is 0.250. The number of rotatable bonds is 6. The standard InChI is InChI=1S/C20H23N3O/c1-15(2)23-14-17(18-9-5-6-10-19(18)23)13-22-21-12-16-8-4-7-11-20(16)24-3/h4-11,13-15,21H,12H2,1-3H3/b22-13-. The van der Waals surface area contributed by atoms with Crippen molar-refractivity contribution < 1.29 is 4.74 Å². The molecule has 124 valence electrons. The molecule has 0 saturated carbocycles. The Morgan fingerprint density at radius 1 is 1.12 bits per heavy atom. The number of fused-ring (bicyclic) bond motifs is 1. The van der Waals surface area contributed by atoms with Crippen molar-refractivity contribution in [3.05, 3.63) is 65.9 Å². The van der Waals surface area contributed by atoms with Crippen LogP contribution in [0.15, 0.2) is 59.8 Å². The molecule has 0 radical (unpaired) electrons. The highest BCUT2D eigenvalue weighted by molar-refractivity contribution is 5.99. The van der Waals surface area contributed by atoms with Gasteiger partial charge in [-0.25, -0.2) is 0 Å². The number of benzene rings is 2. The maximum Gasteiger partial charge on any atom is 0.123 e. The highest BCUT2D eigenvalue weighted by atomic mass is 16.5. The second-order valence-electron chi connectivity index (χ2n) is 6.01. The quantitative estimate of drug-likeness (QED) is 0.541. The van der Waals surface area contributed by atoms with Gasteiger partial charge in [-0.2, -0.15) is 5.10 Å². The van der Waals surface area contributed by atoms with Gasteiger partial charge in [0.25, 0.3) is 0 Å². The number of hydrogen-bond donors (Lipinski definition) is 1. The molecule has 0 spiro atoms. The summed E-state index contributed by atoms with van der Waals surface area (Å²) in [6.45, 7) is 5.00. The minimum Gasteiger partial charge on any atom is -0.496 e. The van der Waals surface area contributed by atoms with E-state index in [4.69, 9.17) is 4.74 Å². The predicted molar refractivity (Wildman–Crippen MR) is 99.8 cm³/mol. The first-order valence-corrected chi connectivity index (χ1v) is 8.18. The van der Waals surface area contributed by atoms with Gasteiger partial charge >= 0.3 is 0 Å². The van der Waals surface area contributed by atoms with E-state index in [1.165, 1.54) is 10.9 Å². The van der Waals surface area contributed by atoms with Gasteiger partial charge in [-0.15, -0.1) is 0 Å². The van der Waals surface area contributed by atoms with Crippen molar-refractivity contribution in [2.45, 2.75) is 26.4 Å². The number of nitrogens with zero attached hydrogens (tertiary/aromatic N) is 2. The number of aromatic nitrogens is 1. The lowest BCUT2D eigenvalue weighted by atomic mass is 10.2. The highest BCUT2D eigenvalue weighted by Gasteiger charge is 2.08. The lowest BCUT2D eigenvalue weighted by molar-refractivity contribution is 0.408. The second kappa shape index (κ2) is 7.21. The molecule has 1 heterocycles. The molecular formula is C20H23N3O. The summed E-state index contributed by atoms with van der Waals surface area (Å²) in [5, 5.41) is 5.61. The summed E-state index contributed by atoms with van der Waals surface area (Å²) in [5.74, 6) is 0.872. The molecule has 1 N–H and O–H groups in total. The van der Waals surface area contributed by atoms with E-state index >= 15 is 0 Å². The predicted octanol–water partition coefficient (Wildman–Crippen LogP) is 4.35. The molecule has 3 aromatic rings. The van der Waals surface area contributed by atoms with Crippen molar-refractivity contribution in [2.75, 3.05) is 7.11 Å². The molecule has 0 aliphatic carbocycles. The van der Waals surface area contributed by atoms with Crippen molar-refractivity contribution in [1.82, 2.24) is 9.99 Å². The number of nitrogens with one attached hydrogen (secondary N) is 1. The smallest absolute Gasteiger partial charge is 0.123 e. The first kappa shape index (κ1) is 16.1. The van der Waals surface area contributed by atoms with E-state index in [2.05, 4.69) is 59.4 Å². The average Bonchev–Trinajstić information content (AvgIpc) is 2.98. The van der Waals surface area contributed by atoms with Gasteiger partial charge in [-0.3, -0.25) is 0 Å². The average molecular weight is 321 g/mol. The lowest BCUT2D eigenvalue weighted by Gasteiger charge is -2.08. The summed E-state index contributed by atoms with van der Waals surface area (Å²) < 4.78 is 7.63. The Morgan fingerprint density at radius 2 is 1.88 bits per heavy atom. The van der Waals surface area contributed by atoms with E-state index in [-0.39, 0.29) is 0 Å². The number of para-hydroxylation sites is 2. The van der Waals surface area contributed by atoms with Crippen molar-refractivity contribution >= 4 is 17.1 Å². The van der Waals surface area contributed by atoms with Gasteiger partial charge in [0.15, 0.2) is 0 Å². The monoisotopic (exact) mass is 321 g/mol. The molecule has 0 saturated heterocycles. The molecule has 0 unspecified atom stereocenters. The van der Waals surface area contributed by atoms with Gasteiger partial charge in [-0.1, -0.05) is 36.4 Å². The van der Waals surface area contributed by atoms with E-state index in [0.29, 0.717) is 12.6 Å². The number of methoxy groups -OCH3 is 1. The zero-order valence-electron chi connectivity index (χ0n) is 14.4. The van der Waals surface area contributed by atoms with Crippen LogP contribution in [0.5, 0.6) is 5.75 Å². The fourth-order valence-corrected chi connectivity index (χ4v) is 2.86. The van der Waals surface area contributed by atoms with E-state index < -0.39 is 0 Å². The van der Waals surface area contributed by atoms with E-state index in [1.54, 1.807) is 7.11 Å². The van der Waals surface area contributed by atoms with Crippen molar-refractivity contribution in [1.29, 1.82) is 0 Å². The number of hydrazone groups is 1. The maximum absolute atomic E-state index is 5.35. The van der Waals surface area contributed by atoms with Gasteiger partial charge in [0, 0.05) is 34.3 Å². The topological polar surface area (TPSA) is 38.5 Å². The molecule has 0 aliphatic rings. The molecule has 2 aromatic carbocycles. The van der Waals surface area contributed by atoms with Crippen LogP contribution in [-0.2, 0) is 6.54 Å². The Kier molecular flexibility index (Phi) is 4.85.